The first-order valence-electron chi connectivity index (χ1n) is 10.9. The van der Waals surface area contributed by atoms with Crippen LogP contribution in [0.5, 0.6) is 0 Å². The summed E-state index contributed by atoms with van der Waals surface area (Å²) in [6.07, 6.45) is 2.07. The molecule has 1 aliphatic heterocycles. The minimum absolute atomic E-state index is 0.0127. The average Bonchev–Trinajstić information content (AvgIpc) is 3.46. The number of nitrogens with zero attached hydrogens (tertiary/aromatic N) is 4. The number of halogens is 1. The molecule has 0 radical (unpaired) electrons. The Morgan fingerprint density at radius 2 is 1.97 bits per heavy atom. The number of amides is 1. The minimum atomic E-state index is -0.358. The number of carbonyl (C=O) groups is 1. The van der Waals surface area contributed by atoms with Gasteiger partial charge in [0, 0.05) is 24.4 Å². The molecule has 0 saturated carbocycles. The summed E-state index contributed by atoms with van der Waals surface area (Å²) in [6, 6.07) is 15.9. The smallest absolute Gasteiger partial charge is 0.240 e. The SMILES string of the molecule is CCN(C(=O)C(C)Sc1nnc(-c2ccc(F)cc2)n1CC1CCCO1)c1ccccc1. The fraction of sp³-hybridized carbons (Fsp3) is 0.375. The number of hydrogen-bond acceptors (Lipinski definition) is 5. The Bertz CT molecular complexity index is 1040. The van der Waals surface area contributed by atoms with Crippen molar-refractivity contribution in [1.29, 1.82) is 0 Å². The van der Waals surface area contributed by atoms with E-state index in [-0.39, 0.29) is 23.1 Å². The highest BCUT2D eigenvalue weighted by atomic mass is 32.2. The number of anilines is 1. The van der Waals surface area contributed by atoms with Crippen molar-refractivity contribution in [2.75, 3.05) is 18.1 Å². The van der Waals surface area contributed by atoms with E-state index < -0.39 is 0 Å². The van der Waals surface area contributed by atoms with E-state index in [0.717, 1.165) is 30.7 Å². The summed E-state index contributed by atoms with van der Waals surface area (Å²) in [7, 11) is 0. The van der Waals surface area contributed by atoms with Gasteiger partial charge in [0.05, 0.1) is 17.9 Å². The van der Waals surface area contributed by atoms with Gasteiger partial charge in [-0.25, -0.2) is 4.39 Å². The van der Waals surface area contributed by atoms with Crippen molar-refractivity contribution < 1.29 is 13.9 Å². The molecule has 32 heavy (non-hydrogen) atoms. The molecule has 1 fully saturated rings. The second-order valence-corrected chi connectivity index (χ2v) is 9.04. The summed E-state index contributed by atoms with van der Waals surface area (Å²) in [5, 5.41) is 9.08. The molecule has 1 aromatic heterocycles. The fourth-order valence-electron chi connectivity index (χ4n) is 3.85. The van der Waals surface area contributed by atoms with Gasteiger partial charge in [-0.2, -0.15) is 0 Å². The molecule has 6 nitrogen and oxygen atoms in total. The van der Waals surface area contributed by atoms with Gasteiger partial charge in [0.15, 0.2) is 11.0 Å². The molecule has 2 heterocycles. The highest BCUT2D eigenvalue weighted by Crippen LogP contribution is 2.30. The van der Waals surface area contributed by atoms with Gasteiger partial charge in [-0.1, -0.05) is 30.0 Å². The number of rotatable bonds is 8. The highest BCUT2D eigenvalue weighted by molar-refractivity contribution is 8.00. The quantitative estimate of drug-likeness (QED) is 0.458. The molecule has 1 saturated heterocycles. The summed E-state index contributed by atoms with van der Waals surface area (Å²) in [6.45, 7) is 5.78. The predicted octanol–water partition coefficient (Wildman–Crippen LogP) is 4.80. The Labute approximate surface area is 191 Å². The van der Waals surface area contributed by atoms with Crippen LogP contribution >= 0.6 is 11.8 Å². The number of para-hydroxylation sites is 1. The molecule has 0 N–H and O–H groups in total. The molecule has 2 aromatic carbocycles. The van der Waals surface area contributed by atoms with Crippen molar-refractivity contribution in [2.45, 2.75) is 49.7 Å². The average molecular weight is 455 g/mol. The molecule has 2 atom stereocenters. The molecule has 2 unspecified atom stereocenters. The van der Waals surface area contributed by atoms with Gasteiger partial charge in [-0.15, -0.1) is 10.2 Å². The Morgan fingerprint density at radius 1 is 1.22 bits per heavy atom. The number of hydrogen-bond donors (Lipinski definition) is 0. The van der Waals surface area contributed by atoms with Crippen LogP contribution in [0.15, 0.2) is 59.8 Å². The second kappa shape index (κ2) is 10.3. The maximum absolute atomic E-state index is 13.4. The third-order valence-corrected chi connectivity index (χ3v) is 6.58. The maximum Gasteiger partial charge on any atom is 0.240 e. The van der Waals surface area contributed by atoms with Crippen molar-refractivity contribution >= 4 is 23.4 Å². The van der Waals surface area contributed by atoms with Crippen LogP contribution < -0.4 is 4.90 Å². The number of benzene rings is 2. The monoisotopic (exact) mass is 454 g/mol. The summed E-state index contributed by atoms with van der Waals surface area (Å²) in [4.78, 5) is 15.0. The van der Waals surface area contributed by atoms with Crippen LogP contribution in [0.4, 0.5) is 10.1 Å². The van der Waals surface area contributed by atoms with Crippen LogP contribution in [0, 0.1) is 5.82 Å². The Morgan fingerprint density at radius 3 is 2.62 bits per heavy atom. The van der Waals surface area contributed by atoms with Gasteiger partial charge in [0.25, 0.3) is 0 Å². The summed E-state index contributed by atoms with van der Waals surface area (Å²) >= 11 is 1.39. The first-order chi connectivity index (χ1) is 15.6. The third-order valence-electron chi connectivity index (χ3n) is 5.51. The highest BCUT2D eigenvalue weighted by Gasteiger charge is 2.27. The molecule has 3 aromatic rings. The van der Waals surface area contributed by atoms with Crippen LogP contribution in [-0.2, 0) is 16.1 Å². The van der Waals surface area contributed by atoms with E-state index in [9.17, 15) is 9.18 Å². The fourth-order valence-corrected chi connectivity index (χ4v) is 4.77. The van der Waals surface area contributed by atoms with Gasteiger partial charge in [-0.3, -0.25) is 9.36 Å². The lowest BCUT2D eigenvalue weighted by atomic mass is 10.2. The van der Waals surface area contributed by atoms with Gasteiger partial charge >= 0.3 is 0 Å². The molecular weight excluding hydrogens is 427 g/mol. The number of aromatic nitrogens is 3. The molecular formula is C24H27FN4O2S. The molecule has 1 aliphatic rings. The van der Waals surface area contributed by atoms with Crippen LogP contribution in [0.3, 0.4) is 0 Å². The van der Waals surface area contributed by atoms with E-state index in [1.54, 1.807) is 17.0 Å². The molecule has 0 aliphatic carbocycles. The predicted molar refractivity (Wildman–Crippen MR) is 124 cm³/mol. The summed E-state index contributed by atoms with van der Waals surface area (Å²) in [5.41, 5.74) is 1.66. The lowest BCUT2D eigenvalue weighted by Crippen LogP contribution is -2.36. The molecule has 1 amide bonds. The Balaban J connectivity index is 1.59. The second-order valence-electron chi connectivity index (χ2n) is 7.74. The molecule has 0 bridgehead atoms. The standard InChI is InChI=1S/C24H27FN4O2S/c1-3-28(20-8-5-4-6-9-20)23(30)17(2)32-24-27-26-22(18-11-13-19(25)14-12-18)29(24)16-21-10-7-15-31-21/h4-6,8-9,11-14,17,21H,3,7,10,15-16H2,1-2H3. The van der Waals surface area contributed by atoms with Crippen molar-refractivity contribution in [3.05, 3.63) is 60.4 Å². The molecule has 168 valence electrons. The summed E-state index contributed by atoms with van der Waals surface area (Å²) < 4.78 is 21.3. The first kappa shape index (κ1) is 22.5. The zero-order valence-corrected chi connectivity index (χ0v) is 19.1. The zero-order valence-electron chi connectivity index (χ0n) is 18.3. The normalized spacial score (nSPS) is 16.8. The maximum atomic E-state index is 13.4. The van der Waals surface area contributed by atoms with Gasteiger partial charge < -0.3 is 9.64 Å². The lowest BCUT2D eigenvalue weighted by Gasteiger charge is -2.24. The topological polar surface area (TPSA) is 60.2 Å². The van der Waals surface area contributed by atoms with Gasteiger partial charge in [0.2, 0.25) is 5.91 Å². The first-order valence-corrected chi connectivity index (χ1v) is 11.8. The Hall–Kier alpha value is -2.71. The van der Waals surface area contributed by atoms with Crippen molar-refractivity contribution in [1.82, 2.24) is 14.8 Å². The van der Waals surface area contributed by atoms with Crippen molar-refractivity contribution in [2.24, 2.45) is 0 Å². The van der Waals surface area contributed by atoms with Gasteiger partial charge in [0.1, 0.15) is 5.82 Å². The van der Waals surface area contributed by atoms with E-state index in [0.29, 0.717) is 24.1 Å². The molecule has 0 spiro atoms. The largest absolute Gasteiger partial charge is 0.376 e. The van der Waals surface area contributed by atoms with Crippen LogP contribution in [0.1, 0.15) is 26.7 Å². The third kappa shape index (κ3) is 5.02. The minimum Gasteiger partial charge on any atom is -0.376 e. The molecule has 4 rings (SSSR count). The van der Waals surface area contributed by atoms with Crippen molar-refractivity contribution in [3.8, 4) is 11.4 Å². The molecule has 8 heteroatoms. The van der Waals surface area contributed by atoms with Gasteiger partial charge in [-0.05, 0) is 63.1 Å². The van der Waals surface area contributed by atoms with Crippen molar-refractivity contribution in [3.63, 3.8) is 0 Å². The van der Waals surface area contributed by atoms with Crippen LogP contribution in [0.2, 0.25) is 0 Å². The van der Waals surface area contributed by atoms with E-state index in [4.69, 9.17) is 4.74 Å². The Kier molecular flexibility index (Phi) is 7.22. The zero-order chi connectivity index (χ0) is 22.5. The number of carbonyl (C=O) groups excluding carboxylic acids is 1. The van der Waals surface area contributed by atoms with E-state index in [1.807, 2.05) is 48.7 Å². The summed E-state index contributed by atoms with van der Waals surface area (Å²) in [5.74, 6) is 0.366. The van der Waals surface area contributed by atoms with E-state index in [2.05, 4.69) is 10.2 Å². The van der Waals surface area contributed by atoms with E-state index in [1.165, 1.54) is 23.9 Å². The number of ether oxygens (including phenoxy) is 1. The van der Waals surface area contributed by atoms with Crippen LogP contribution in [-0.4, -0.2) is 45.2 Å². The lowest BCUT2D eigenvalue weighted by molar-refractivity contribution is -0.117. The number of thioether (sulfide) groups is 1. The van der Waals surface area contributed by atoms with E-state index >= 15 is 0 Å². The van der Waals surface area contributed by atoms with Crippen LogP contribution in [0.25, 0.3) is 11.4 Å².